The minimum atomic E-state index is -3.39. The average molecular weight is 271 g/mol. The number of nitrogens with one attached hydrogen (secondary N) is 2. The summed E-state index contributed by atoms with van der Waals surface area (Å²) in [6.45, 7) is 0.158. The minimum absolute atomic E-state index is 0.0557. The van der Waals surface area contributed by atoms with Crippen molar-refractivity contribution in [2.75, 3.05) is 18.8 Å². The molecule has 1 amide bonds. The molecule has 0 bridgehead atoms. The second-order valence-corrected chi connectivity index (χ2v) is 5.61. The standard InChI is InChI=1S/C11H17N3O3S/c12-8-11(15)13-6-7-18(16,17)14-9-10-4-2-1-3-5-10/h1-5,14H,6-9,12H2,(H,13,15). The lowest BCUT2D eigenvalue weighted by atomic mass is 10.2. The number of rotatable bonds is 7. The van der Waals surface area contributed by atoms with Gasteiger partial charge in [-0.25, -0.2) is 13.1 Å². The van der Waals surface area contributed by atoms with Gasteiger partial charge in [-0.15, -0.1) is 0 Å². The molecule has 0 atom stereocenters. The molecule has 0 saturated heterocycles. The Morgan fingerprint density at radius 1 is 1.22 bits per heavy atom. The summed E-state index contributed by atoms with van der Waals surface area (Å²) in [6.07, 6.45) is 0. The molecule has 100 valence electrons. The number of hydrogen-bond donors (Lipinski definition) is 3. The Morgan fingerprint density at radius 2 is 1.89 bits per heavy atom. The van der Waals surface area contributed by atoms with Crippen LogP contribution in [0.2, 0.25) is 0 Å². The average Bonchev–Trinajstić information content (AvgIpc) is 2.37. The van der Waals surface area contributed by atoms with Crippen molar-refractivity contribution in [3.63, 3.8) is 0 Å². The van der Waals surface area contributed by atoms with Gasteiger partial charge in [0.15, 0.2) is 0 Å². The summed E-state index contributed by atoms with van der Waals surface area (Å²) in [5.74, 6) is -0.528. The Kier molecular flexibility index (Phi) is 5.76. The number of nitrogens with two attached hydrogens (primary N) is 1. The van der Waals surface area contributed by atoms with Crippen LogP contribution in [0.1, 0.15) is 5.56 Å². The van der Waals surface area contributed by atoms with Gasteiger partial charge in [-0.05, 0) is 5.56 Å². The molecule has 0 aliphatic carbocycles. The Morgan fingerprint density at radius 3 is 2.50 bits per heavy atom. The van der Waals surface area contributed by atoms with Crippen molar-refractivity contribution < 1.29 is 13.2 Å². The molecule has 1 aromatic rings. The maximum Gasteiger partial charge on any atom is 0.233 e. The largest absolute Gasteiger partial charge is 0.354 e. The molecule has 0 aliphatic heterocycles. The molecule has 0 radical (unpaired) electrons. The van der Waals surface area contributed by atoms with Gasteiger partial charge in [0, 0.05) is 13.1 Å². The van der Waals surface area contributed by atoms with Crippen molar-refractivity contribution in [2.45, 2.75) is 6.54 Å². The van der Waals surface area contributed by atoms with Crippen molar-refractivity contribution in [1.29, 1.82) is 0 Å². The van der Waals surface area contributed by atoms with Crippen molar-refractivity contribution in [1.82, 2.24) is 10.0 Å². The SMILES string of the molecule is NCC(=O)NCCS(=O)(=O)NCc1ccccc1. The molecule has 0 fully saturated rings. The van der Waals surface area contributed by atoms with Gasteiger partial charge in [0.1, 0.15) is 0 Å². The highest BCUT2D eigenvalue weighted by atomic mass is 32.2. The van der Waals surface area contributed by atoms with E-state index in [1.165, 1.54) is 0 Å². The van der Waals surface area contributed by atoms with Crippen LogP contribution in [-0.4, -0.2) is 33.2 Å². The quantitative estimate of drug-likeness (QED) is 0.603. The van der Waals surface area contributed by atoms with Gasteiger partial charge in [-0.2, -0.15) is 0 Å². The summed E-state index contributed by atoms with van der Waals surface area (Å²) in [5.41, 5.74) is 5.96. The van der Waals surface area contributed by atoms with Crippen LogP contribution in [0.3, 0.4) is 0 Å². The molecule has 0 unspecified atom stereocenters. The topological polar surface area (TPSA) is 101 Å². The number of hydrogen-bond acceptors (Lipinski definition) is 4. The first-order valence-electron chi connectivity index (χ1n) is 5.51. The van der Waals surface area contributed by atoms with Crippen LogP contribution in [0.25, 0.3) is 0 Å². The maximum atomic E-state index is 11.6. The van der Waals surface area contributed by atoms with Gasteiger partial charge >= 0.3 is 0 Å². The molecular weight excluding hydrogens is 254 g/mol. The Labute approximate surface area is 107 Å². The van der Waals surface area contributed by atoms with Gasteiger partial charge in [0.2, 0.25) is 15.9 Å². The van der Waals surface area contributed by atoms with Crippen LogP contribution in [0.15, 0.2) is 30.3 Å². The smallest absolute Gasteiger partial charge is 0.233 e. The molecule has 0 heterocycles. The van der Waals surface area contributed by atoms with Crippen LogP contribution < -0.4 is 15.8 Å². The van der Waals surface area contributed by atoms with E-state index in [-0.39, 0.29) is 31.3 Å². The Bertz CT molecular complexity index is 474. The van der Waals surface area contributed by atoms with E-state index in [0.29, 0.717) is 0 Å². The zero-order chi connectivity index (χ0) is 13.4. The first-order chi connectivity index (χ1) is 8.53. The molecule has 18 heavy (non-hydrogen) atoms. The third-order valence-electron chi connectivity index (χ3n) is 2.22. The van der Waals surface area contributed by atoms with Crippen LogP contribution in [-0.2, 0) is 21.4 Å². The monoisotopic (exact) mass is 271 g/mol. The number of carbonyl (C=O) groups excluding carboxylic acids is 1. The highest BCUT2D eigenvalue weighted by Crippen LogP contribution is 1.98. The fourth-order valence-electron chi connectivity index (χ4n) is 1.26. The molecule has 0 saturated carbocycles. The number of sulfonamides is 1. The van der Waals surface area contributed by atoms with Crippen LogP contribution in [0.4, 0.5) is 0 Å². The summed E-state index contributed by atoms with van der Waals surface area (Å²) >= 11 is 0. The predicted octanol–water partition coefficient (Wildman–Crippen LogP) is -0.819. The molecular formula is C11H17N3O3S. The first kappa shape index (κ1) is 14.6. The number of carbonyl (C=O) groups is 1. The van der Waals surface area contributed by atoms with Gasteiger partial charge in [-0.3, -0.25) is 4.79 Å². The molecule has 7 heteroatoms. The van der Waals surface area contributed by atoms with E-state index in [9.17, 15) is 13.2 Å². The van der Waals surface area contributed by atoms with E-state index in [1.54, 1.807) is 0 Å². The molecule has 4 N–H and O–H groups in total. The van der Waals surface area contributed by atoms with Crippen LogP contribution >= 0.6 is 0 Å². The lowest BCUT2D eigenvalue weighted by molar-refractivity contribution is -0.119. The number of benzene rings is 1. The molecule has 6 nitrogen and oxygen atoms in total. The third-order valence-corrected chi connectivity index (χ3v) is 3.54. The normalized spacial score (nSPS) is 11.2. The van der Waals surface area contributed by atoms with Gasteiger partial charge in [0.05, 0.1) is 12.3 Å². The Hall–Kier alpha value is -1.44. The maximum absolute atomic E-state index is 11.6. The summed E-state index contributed by atoms with van der Waals surface area (Å²) in [6, 6.07) is 9.20. The van der Waals surface area contributed by atoms with Gasteiger partial charge in [0.25, 0.3) is 0 Å². The highest BCUT2D eigenvalue weighted by molar-refractivity contribution is 7.89. The fraction of sp³-hybridized carbons (Fsp3) is 0.364. The zero-order valence-corrected chi connectivity index (χ0v) is 10.7. The summed E-state index contributed by atoms with van der Waals surface area (Å²) < 4.78 is 25.6. The Balaban J connectivity index is 2.34. The lowest BCUT2D eigenvalue weighted by Gasteiger charge is -2.07. The molecule has 0 aromatic heterocycles. The van der Waals surface area contributed by atoms with Crippen molar-refractivity contribution in [3.05, 3.63) is 35.9 Å². The van der Waals surface area contributed by atoms with E-state index in [1.807, 2.05) is 30.3 Å². The van der Waals surface area contributed by atoms with E-state index in [2.05, 4.69) is 10.0 Å². The van der Waals surface area contributed by atoms with E-state index >= 15 is 0 Å². The van der Waals surface area contributed by atoms with Crippen LogP contribution in [0.5, 0.6) is 0 Å². The minimum Gasteiger partial charge on any atom is -0.354 e. The summed E-state index contributed by atoms with van der Waals surface area (Å²) in [4.78, 5) is 10.8. The predicted molar refractivity (Wildman–Crippen MR) is 69.1 cm³/mol. The second-order valence-electron chi connectivity index (χ2n) is 3.68. The molecule has 0 spiro atoms. The molecule has 1 aromatic carbocycles. The van der Waals surface area contributed by atoms with Gasteiger partial charge < -0.3 is 11.1 Å². The van der Waals surface area contributed by atoms with E-state index in [4.69, 9.17) is 5.73 Å². The second kappa shape index (κ2) is 7.10. The van der Waals surface area contributed by atoms with E-state index in [0.717, 1.165) is 5.56 Å². The number of amides is 1. The van der Waals surface area contributed by atoms with Gasteiger partial charge in [-0.1, -0.05) is 30.3 Å². The van der Waals surface area contributed by atoms with Crippen molar-refractivity contribution >= 4 is 15.9 Å². The fourth-order valence-corrected chi connectivity index (χ4v) is 2.16. The zero-order valence-electron chi connectivity index (χ0n) is 9.93. The summed E-state index contributed by atoms with van der Waals surface area (Å²) in [7, 11) is -3.39. The van der Waals surface area contributed by atoms with Crippen LogP contribution in [0, 0.1) is 0 Å². The first-order valence-corrected chi connectivity index (χ1v) is 7.17. The van der Waals surface area contributed by atoms with E-state index < -0.39 is 10.0 Å². The summed E-state index contributed by atoms with van der Waals surface area (Å²) in [5, 5.41) is 2.40. The molecule has 0 aliphatic rings. The third kappa shape index (κ3) is 5.76. The highest BCUT2D eigenvalue weighted by Gasteiger charge is 2.10. The lowest BCUT2D eigenvalue weighted by Crippen LogP contribution is -2.36. The van der Waals surface area contributed by atoms with Crippen molar-refractivity contribution in [2.24, 2.45) is 5.73 Å². The van der Waals surface area contributed by atoms with Crippen molar-refractivity contribution in [3.8, 4) is 0 Å². The molecule has 1 rings (SSSR count).